The third-order valence-electron chi connectivity index (χ3n) is 4.24. The summed E-state index contributed by atoms with van der Waals surface area (Å²) in [6.45, 7) is 3.83. The van der Waals surface area contributed by atoms with Crippen LogP contribution in [0, 0.1) is 13.8 Å². The molecule has 28 heavy (non-hydrogen) atoms. The Kier molecular flexibility index (Phi) is 7.42. The van der Waals surface area contributed by atoms with Gasteiger partial charge in [-0.05, 0) is 37.1 Å². The topological polar surface area (TPSA) is 93.7 Å². The van der Waals surface area contributed by atoms with Crippen molar-refractivity contribution in [1.29, 1.82) is 0 Å². The van der Waals surface area contributed by atoms with Crippen LogP contribution in [0.15, 0.2) is 41.3 Å². The van der Waals surface area contributed by atoms with Crippen molar-refractivity contribution in [2.75, 3.05) is 20.8 Å². The van der Waals surface area contributed by atoms with E-state index in [1.54, 1.807) is 38.3 Å². The summed E-state index contributed by atoms with van der Waals surface area (Å²) in [5.74, 6) is 0.866. The average Bonchev–Trinajstić information content (AvgIpc) is 2.67. The number of benzene rings is 2. The zero-order chi connectivity index (χ0) is 20.7. The van der Waals surface area contributed by atoms with E-state index in [4.69, 9.17) is 9.47 Å². The first kappa shape index (κ1) is 21.7. The molecule has 152 valence electrons. The van der Waals surface area contributed by atoms with E-state index in [0.29, 0.717) is 17.1 Å². The van der Waals surface area contributed by atoms with Crippen molar-refractivity contribution in [2.45, 2.75) is 31.7 Å². The molecule has 0 aliphatic carbocycles. The predicted molar refractivity (Wildman–Crippen MR) is 107 cm³/mol. The molecule has 0 aromatic heterocycles. The van der Waals surface area contributed by atoms with Crippen molar-refractivity contribution in [1.82, 2.24) is 10.0 Å². The summed E-state index contributed by atoms with van der Waals surface area (Å²) >= 11 is 0. The van der Waals surface area contributed by atoms with Gasteiger partial charge in [0.2, 0.25) is 15.9 Å². The molecular formula is C20H26N2O5S. The van der Waals surface area contributed by atoms with Gasteiger partial charge in [0.25, 0.3) is 0 Å². The fourth-order valence-electron chi connectivity index (χ4n) is 2.75. The van der Waals surface area contributed by atoms with E-state index in [1.807, 2.05) is 19.1 Å². The summed E-state index contributed by atoms with van der Waals surface area (Å²) in [5, 5.41) is 2.76. The average molecular weight is 407 g/mol. The molecule has 2 aromatic carbocycles. The highest BCUT2D eigenvalue weighted by atomic mass is 32.2. The number of rotatable bonds is 9. The summed E-state index contributed by atoms with van der Waals surface area (Å²) in [7, 11) is -0.586. The third kappa shape index (κ3) is 5.46. The van der Waals surface area contributed by atoms with Gasteiger partial charge in [-0.3, -0.25) is 4.79 Å². The van der Waals surface area contributed by atoms with Crippen LogP contribution in [0.4, 0.5) is 0 Å². The minimum Gasteiger partial charge on any atom is -0.493 e. The molecule has 0 fully saturated rings. The molecule has 0 saturated carbocycles. The second-order valence-corrected chi connectivity index (χ2v) is 8.08. The van der Waals surface area contributed by atoms with Crippen LogP contribution in [0.1, 0.15) is 23.1 Å². The number of aryl methyl sites for hydroxylation is 2. The van der Waals surface area contributed by atoms with E-state index >= 15 is 0 Å². The predicted octanol–water partition coefficient (Wildman–Crippen LogP) is 2.31. The van der Waals surface area contributed by atoms with Crippen molar-refractivity contribution in [3.8, 4) is 11.5 Å². The zero-order valence-electron chi connectivity index (χ0n) is 16.5. The second-order valence-electron chi connectivity index (χ2n) is 6.35. The molecule has 0 radical (unpaired) electrons. The molecule has 0 heterocycles. The van der Waals surface area contributed by atoms with Crippen molar-refractivity contribution in [3.05, 3.63) is 53.1 Å². The Morgan fingerprint density at radius 2 is 1.82 bits per heavy atom. The van der Waals surface area contributed by atoms with E-state index in [1.165, 1.54) is 7.11 Å². The van der Waals surface area contributed by atoms with Gasteiger partial charge in [0.05, 0.1) is 19.1 Å². The summed E-state index contributed by atoms with van der Waals surface area (Å²) in [4.78, 5) is 12.3. The molecule has 2 rings (SSSR count). The van der Waals surface area contributed by atoms with Crippen LogP contribution in [0.25, 0.3) is 0 Å². The normalized spacial score (nSPS) is 11.1. The number of sulfonamides is 1. The highest BCUT2D eigenvalue weighted by molar-refractivity contribution is 7.89. The monoisotopic (exact) mass is 406 g/mol. The highest BCUT2D eigenvalue weighted by Gasteiger charge is 2.17. The van der Waals surface area contributed by atoms with Crippen LogP contribution >= 0.6 is 0 Å². The number of para-hydroxylation sites is 1. The van der Waals surface area contributed by atoms with Gasteiger partial charge in [0.1, 0.15) is 0 Å². The molecule has 0 bridgehead atoms. The Morgan fingerprint density at radius 3 is 2.50 bits per heavy atom. The van der Waals surface area contributed by atoms with E-state index in [2.05, 4.69) is 10.0 Å². The molecule has 0 atom stereocenters. The maximum atomic E-state index is 12.4. The largest absolute Gasteiger partial charge is 0.493 e. The van der Waals surface area contributed by atoms with Gasteiger partial charge in [-0.1, -0.05) is 24.3 Å². The zero-order valence-corrected chi connectivity index (χ0v) is 17.4. The number of ether oxygens (including phenoxy) is 2. The summed E-state index contributed by atoms with van der Waals surface area (Å²) < 4.78 is 37.9. The molecule has 2 aromatic rings. The number of carbonyl (C=O) groups excluding carboxylic acids is 1. The Labute approximate surface area is 166 Å². The van der Waals surface area contributed by atoms with Gasteiger partial charge in [-0.25, -0.2) is 13.1 Å². The van der Waals surface area contributed by atoms with Crippen molar-refractivity contribution in [2.24, 2.45) is 0 Å². The SMILES string of the molecule is COc1cccc(CNC(=O)CCNS(=O)(=O)c2cc(C)ccc2C)c1OC. The van der Waals surface area contributed by atoms with Crippen LogP contribution in [-0.2, 0) is 21.4 Å². The van der Waals surface area contributed by atoms with Crippen LogP contribution in [0.2, 0.25) is 0 Å². The summed E-state index contributed by atoms with van der Waals surface area (Å²) in [5.41, 5.74) is 2.29. The standard InChI is InChI=1S/C20H26N2O5S/c1-14-8-9-15(2)18(12-14)28(24,25)22-11-10-19(23)21-13-16-6-5-7-17(26-3)20(16)27-4/h5-9,12,22H,10-11,13H2,1-4H3,(H,21,23). The number of hydrogen-bond acceptors (Lipinski definition) is 5. The quantitative estimate of drug-likeness (QED) is 0.667. The summed E-state index contributed by atoms with van der Waals surface area (Å²) in [6, 6.07) is 10.6. The lowest BCUT2D eigenvalue weighted by atomic mass is 10.2. The second kappa shape index (κ2) is 9.57. The van der Waals surface area contributed by atoms with E-state index in [-0.39, 0.29) is 30.3 Å². The number of nitrogens with one attached hydrogen (secondary N) is 2. The number of carbonyl (C=O) groups is 1. The Balaban J connectivity index is 1.91. The molecule has 0 unspecified atom stereocenters. The first-order chi connectivity index (χ1) is 13.3. The number of amides is 1. The molecule has 0 saturated heterocycles. The smallest absolute Gasteiger partial charge is 0.240 e. The molecule has 7 nitrogen and oxygen atoms in total. The molecule has 0 spiro atoms. The van der Waals surface area contributed by atoms with Crippen molar-refractivity contribution >= 4 is 15.9 Å². The van der Waals surface area contributed by atoms with E-state index < -0.39 is 10.0 Å². The molecule has 1 amide bonds. The molecule has 0 aliphatic rings. The van der Waals surface area contributed by atoms with Crippen molar-refractivity contribution < 1.29 is 22.7 Å². The molecule has 0 aliphatic heterocycles. The molecular weight excluding hydrogens is 380 g/mol. The fourth-order valence-corrected chi connectivity index (χ4v) is 4.11. The fraction of sp³-hybridized carbons (Fsp3) is 0.350. The number of methoxy groups -OCH3 is 2. The first-order valence-electron chi connectivity index (χ1n) is 8.82. The Bertz CT molecular complexity index is 942. The highest BCUT2D eigenvalue weighted by Crippen LogP contribution is 2.30. The lowest BCUT2D eigenvalue weighted by Gasteiger charge is -2.13. The Hall–Kier alpha value is -2.58. The summed E-state index contributed by atoms with van der Waals surface area (Å²) in [6.07, 6.45) is 0.0242. The van der Waals surface area contributed by atoms with Crippen molar-refractivity contribution in [3.63, 3.8) is 0 Å². The lowest BCUT2D eigenvalue weighted by Crippen LogP contribution is -2.31. The van der Waals surface area contributed by atoms with E-state index in [9.17, 15) is 13.2 Å². The van der Waals surface area contributed by atoms with E-state index in [0.717, 1.165) is 11.1 Å². The van der Waals surface area contributed by atoms with Crippen LogP contribution in [-0.4, -0.2) is 35.1 Å². The van der Waals surface area contributed by atoms with Gasteiger partial charge in [-0.2, -0.15) is 0 Å². The third-order valence-corrected chi connectivity index (χ3v) is 5.84. The minimum absolute atomic E-state index is 0.0107. The minimum atomic E-state index is -3.66. The van der Waals surface area contributed by atoms with Gasteiger partial charge in [0, 0.05) is 25.1 Å². The first-order valence-corrected chi connectivity index (χ1v) is 10.3. The molecule has 8 heteroatoms. The maximum absolute atomic E-state index is 12.4. The van der Waals surface area contributed by atoms with Gasteiger partial charge in [0.15, 0.2) is 11.5 Å². The lowest BCUT2D eigenvalue weighted by molar-refractivity contribution is -0.121. The number of hydrogen-bond donors (Lipinski definition) is 2. The maximum Gasteiger partial charge on any atom is 0.240 e. The van der Waals surface area contributed by atoms with Gasteiger partial charge < -0.3 is 14.8 Å². The Morgan fingerprint density at radius 1 is 1.07 bits per heavy atom. The van der Waals surface area contributed by atoms with Crippen LogP contribution in [0.3, 0.4) is 0 Å². The van der Waals surface area contributed by atoms with Gasteiger partial charge >= 0.3 is 0 Å². The van der Waals surface area contributed by atoms with Crippen LogP contribution < -0.4 is 19.5 Å². The van der Waals surface area contributed by atoms with Gasteiger partial charge in [-0.15, -0.1) is 0 Å². The molecule has 2 N–H and O–H groups in total. The van der Waals surface area contributed by atoms with Crippen LogP contribution in [0.5, 0.6) is 11.5 Å².